The number of benzene rings is 2. The Labute approximate surface area is 97.0 Å². The highest BCUT2D eigenvalue weighted by molar-refractivity contribution is 6.05. The van der Waals surface area contributed by atoms with Crippen molar-refractivity contribution in [3.8, 4) is 0 Å². The standard InChI is InChI=1S/C12H9N3O2/c13-12(17)15-11-6-2-3-8-9(11)4-1-5-10(8)14-7-16/h1-6H,(H3,13,15,17). The Bertz CT molecular complexity index is 631. The van der Waals surface area contributed by atoms with Crippen LogP contribution in [0, 0.1) is 0 Å². The van der Waals surface area contributed by atoms with Crippen LogP contribution >= 0.6 is 0 Å². The number of carbonyl (C=O) groups is 1. The van der Waals surface area contributed by atoms with E-state index in [2.05, 4.69) is 10.3 Å². The highest BCUT2D eigenvalue weighted by atomic mass is 16.2. The molecule has 2 aromatic carbocycles. The van der Waals surface area contributed by atoms with Crippen LogP contribution in [0.2, 0.25) is 0 Å². The van der Waals surface area contributed by atoms with E-state index in [4.69, 9.17) is 5.73 Å². The first kappa shape index (κ1) is 10.9. The second-order valence-electron chi connectivity index (χ2n) is 3.37. The van der Waals surface area contributed by atoms with Crippen LogP contribution in [-0.4, -0.2) is 12.1 Å². The second-order valence-corrected chi connectivity index (χ2v) is 3.37. The second kappa shape index (κ2) is 4.47. The summed E-state index contributed by atoms with van der Waals surface area (Å²) in [4.78, 5) is 24.8. The van der Waals surface area contributed by atoms with Gasteiger partial charge in [-0.2, -0.15) is 4.99 Å². The van der Waals surface area contributed by atoms with Crippen molar-refractivity contribution in [2.45, 2.75) is 0 Å². The van der Waals surface area contributed by atoms with Gasteiger partial charge in [0.2, 0.25) is 6.08 Å². The quantitative estimate of drug-likeness (QED) is 0.609. The zero-order valence-electron chi connectivity index (χ0n) is 8.81. The van der Waals surface area contributed by atoms with Gasteiger partial charge in [-0.1, -0.05) is 24.3 Å². The number of aliphatic imine (C=N–C) groups is 1. The number of amides is 2. The molecule has 0 aromatic heterocycles. The van der Waals surface area contributed by atoms with E-state index in [0.29, 0.717) is 11.4 Å². The number of rotatable bonds is 2. The number of hydrogen-bond donors (Lipinski definition) is 2. The molecule has 0 aliphatic carbocycles. The minimum absolute atomic E-state index is 0.505. The van der Waals surface area contributed by atoms with Gasteiger partial charge in [-0.05, 0) is 12.1 Å². The number of nitrogens with two attached hydrogens (primary N) is 1. The zero-order chi connectivity index (χ0) is 12.3. The van der Waals surface area contributed by atoms with Gasteiger partial charge in [-0.15, -0.1) is 0 Å². The molecule has 2 rings (SSSR count). The molecule has 17 heavy (non-hydrogen) atoms. The Kier molecular flexibility index (Phi) is 2.85. The van der Waals surface area contributed by atoms with Crippen molar-refractivity contribution in [3.05, 3.63) is 36.4 Å². The number of nitrogens with zero attached hydrogens (tertiary/aromatic N) is 1. The molecule has 2 amide bonds. The van der Waals surface area contributed by atoms with E-state index in [9.17, 15) is 9.59 Å². The normalized spacial score (nSPS) is 9.65. The van der Waals surface area contributed by atoms with E-state index in [1.54, 1.807) is 30.3 Å². The van der Waals surface area contributed by atoms with E-state index >= 15 is 0 Å². The minimum atomic E-state index is -0.637. The van der Waals surface area contributed by atoms with Crippen molar-refractivity contribution in [1.29, 1.82) is 0 Å². The molecule has 3 N–H and O–H groups in total. The van der Waals surface area contributed by atoms with Crippen molar-refractivity contribution in [2.24, 2.45) is 10.7 Å². The highest BCUT2D eigenvalue weighted by Crippen LogP contribution is 2.30. The molecule has 5 nitrogen and oxygen atoms in total. The number of primary amides is 1. The Balaban J connectivity index is 2.69. The number of anilines is 1. The number of urea groups is 1. The van der Waals surface area contributed by atoms with Crippen molar-refractivity contribution in [3.63, 3.8) is 0 Å². The molecule has 5 heteroatoms. The molecule has 84 valence electrons. The van der Waals surface area contributed by atoms with Crippen LogP contribution in [0.4, 0.5) is 16.2 Å². The molecule has 0 saturated heterocycles. The van der Waals surface area contributed by atoms with Crippen molar-refractivity contribution in [1.82, 2.24) is 0 Å². The summed E-state index contributed by atoms with van der Waals surface area (Å²) < 4.78 is 0. The topological polar surface area (TPSA) is 84.6 Å². The van der Waals surface area contributed by atoms with E-state index < -0.39 is 6.03 Å². The smallest absolute Gasteiger partial charge is 0.316 e. The Morgan fingerprint density at radius 3 is 2.59 bits per heavy atom. The lowest BCUT2D eigenvalue weighted by Crippen LogP contribution is -2.19. The Morgan fingerprint density at radius 2 is 1.88 bits per heavy atom. The van der Waals surface area contributed by atoms with Gasteiger partial charge in [0.1, 0.15) is 0 Å². The molecule has 0 radical (unpaired) electrons. The summed E-state index contributed by atoms with van der Waals surface area (Å²) in [5.74, 6) is 0. The van der Waals surface area contributed by atoms with Crippen LogP contribution in [0.1, 0.15) is 0 Å². The molecule has 2 aromatic rings. The summed E-state index contributed by atoms with van der Waals surface area (Å²) in [6.07, 6.45) is 1.50. The van der Waals surface area contributed by atoms with E-state index in [1.807, 2.05) is 6.07 Å². The lowest BCUT2D eigenvalue weighted by Gasteiger charge is -2.07. The number of carbonyl (C=O) groups excluding carboxylic acids is 2. The van der Waals surface area contributed by atoms with Gasteiger partial charge in [-0.25, -0.2) is 9.59 Å². The average Bonchev–Trinajstić information content (AvgIpc) is 2.30. The van der Waals surface area contributed by atoms with E-state index in [-0.39, 0.29) is 0 Å². The molecule has 0 unspecified atom stereocenters. The zero-order valence-corrected chi connectivity index (χ0v) is 8.81. The summed E-state index contributed by atoms with van der Waals surface area (Å²) in [5.41, 5.74) is 6.16. The first-order valence-electron chi connectivity index (χ1n) is 4.88. The predicted octanol–water partition coefficient (Wildman–Crippen LogP) is 2.30. The summed E-state index contributed by atoms with van der Waals surface area (Å²) >= 11 is 0. The number of fused-ring (bicyclic) bond motifs is 1. The summed E-state index contributed by atoms with van der Waals surface area (Å²) in [6.45, 7) is 0. The molecule has 0 saturated carbocycles. The maximum absolute atomic E-state index is 10.8. The highest BCUT2D eigenvalue weighted by Gasteiger charge is 2.05. The largest absolute Gasteiger partial charge is 0.351 e. The molecule has 0 heterocycles. The Hall–Kier alpha value is -2.65. The van der Waals surface area contributed by atoms with Gasteiger partial charge in [0.05, 0.1) is 11.4 Å². The molecular formula is C12H9N3O2. The lowest BCUT2D eigenvalue weighted by atomic mass is 10.1. The van der Waals surface area contributed by atoms with Gasteiger partial charge in [0, 0.05) is 10.8 Å². The predicted molar refractivity (Wildman–Crippen MR) is 64.9 cm³/mol. The lowest BCUT2D eigenvalue weighted by molar-refractivity contribution is 0.259. The third-order valence-electron chi connectivity index (χ3n) is 2.32. The third kappa shape index (κ3) is 2.14. The summed E-state index contributed by atoms with van der Waals surface area (Å²) in [6, 6.07) is 9.88. The van der Waals surface area contributed by atoms with Crippen molar-refractivity contribution in [2.75, 3.05) is 5.32 Å². The fraction of sp³-hybridized carbons (Fsp3) is 0. The third-order valence-corrected chi connectivity index (χ3v) is 2.32. The number of hydrogen-bond acceptors (Lipinski definition) is 3. The van der Waals surface area contributed by atoms with Gasteiger partial charge in [0.25, 0.3) is 0 Å². The van der Waals surface area contributed by atoms with Gasteiger partial charge in [-0.3, -0.25) is 0 Å². The fourth-order valence-electron chi connectivity index (χ4n) is 1.68. The Morgan fingerprint density at radius 1 is 1.18 bits per heavy atom. The van der Waals surface area contributed by atoms with Gasteiger partial charge >= 0.3 is 6.03 Å². The van der Waals surface area contributed by atoms with Crippen LogP contribution in [0.5, 0.6) is 0 Å². The van der Waals surface area contributed by atoms with Crippen LogP contribution in [0.25, 0.3) is 10.8 Å². The van der Waals surface area contributed by atoms with E-state index in [1.165, 1.54) is 6.08 Å². The molecule has 0 bridgehead atoms. The van der Waals surface area contributed by atoms with Crippen LogP contribution in [0.3, 0.4) is 0 Å². The van der Waals surface area contributed by atoms with Crippen LogP contribution in [-0.2, 0) is 4.79 Å². The molecule has 0 atom stereocenters. The number of nitrogens with one attached hydrogen (secondary N) is 1. The minimum Gasteiger partial charge on any atom is -0.351 e. The maximum atomic E-state index is 10.8. The van der Waals surface area contributed by atoms with Crippen LogP contribution < -0.4 is 11.1 Å². The first-order chi connectivity index (χ1) is 8.22. The van der Waals surface area contributed by atoms with Crippen molar-refractivity contribution >= 4 is 34.3 Å². The molecule has 0 fully saturated rings. The summed E-state index contributed by atoms with van der Waals surface area (Å²) in [7, 11) is 0. The molecule has 0 aliphatic heterocycles. The number of isocyanates is 1. The molecule has 0 spiro atoms. The SMILES string of the molecule is NC(=O)Nc1cccc2c(N=C=O)cccc12. The van der Waals surface area contributed by atoms with Gasteiger partial charge < -0.3 is 11.1 Å². The maximum Gasteiger partial charge on any atom is 0.316 e. The monoisotopic (exact) mass is 227 g/mol. The molecular weight excluding hydrogens is 218 g/mol. The fourth-order valence-corrected chi connectivity index (χ4v) is 1.68. The first-order valence-corrected chi connectivity index (χ1v) is 4.88. The van der Waals surface area contributed by atoms with Crippen LogP contribution in [0.15, 0.2) is 41.4 Å². The molecule has 0 aliphatic rings. The average molecular weight is 227 g/mol. The van der Waals surface area contributed by atoms with Crippen molar-refractivity contribution < 1.29 is 9.59 Å². The summed E-state index contributed by atoms with van der Waals surface area (Å²) in [5, 5.41) is 4.03. The van der Waals surface area contributed by atoms with Gasteiger partial charge in [0.15, 0.2) is 0 Å². The van der Waals surface area contributed by atoms with E-state index in [0.717, 1.165) is 10.8 Å².